The van der Waals surface area contributed by atoms with Gasteiger partial charge in [0.1, 0.15) is 0 Å². The molecule has 0 bridgehead atoms. The van der Waals surface area contributed by atoms with E-state index in [4.69, 9.17) is 5.11 Å². The van der Waals surface area contributed by atoms with Crippen LogP contribution in [0.15, 0.2) is 34.9 Å². The number of aliphatic hydroxyl groups excluding tert-OH is 1. The van der Waals surface area contributed by atoms with Crippen molar-refractivity contribution in [2.75, 3.05) is 0 Å². The van der Waals surface area contributed by atoms with E-state index in [2.05, 4.69) is 20.9 Å². The Balaban J connectivity index is 2.72. The summed E-state index contributed by atoms with van der Waals surface area (Å²) in [6.45, 7) is 0. The fourth-order valence-electron chi connectivity index (χ4n) is 1.51. The molecule has 0 amide bonds. The van der Waals surface area contributed by atoms with E-state index in [1.54, 1.807) is 24.4 Å². The van der Waals surface area contributed by atoms with Crippen LogP contribution < -0.4 is 0 Å². The van der Waals surface area contributed by atoms with Crippen LogP contribution in [0.25, 0.3) is 10.9 Å². The van der Waals surface area contributed by atoms with E-state index in [1.165, 1.54) is 0 Å². The van der Waals surface area contributed by atoms with Crippen LogP contribution in [-0.2, 0) is 4.79 Å². The number of aromatic nitrogens is 1. The summed E-state index contributed by atoms with van der Waals surface area (Å²) in [4.78, 5) is 14.8. The fourth-order valence-corrected chi connectivity index (χ4v) is 1.97. The number of hydrogen-bond acceptors (Lipinski definition) is 3. The van der Waals surface area contributed by atoms with E-state index >= 15 is 0 Å². The number of hydrogen-bond donors (Lipinski definition) is 2. The smallest absolute Gasteiger partial charge is 0.337 e. The van der Waals surface area contributed by atoms with Crippen molar-refractivity contribution in [3.8, 4) is 0 Å². The van der Waals surface area contributed by atoms with Crippen molar-refractivity contribution in [3.05, 3.63) is 40.5 Å². The molecule has 0 saturated heterocycles. The Kier molecular flexibility index (Phi) is 2.89. The number of benzene rings is 1. The van der Waals surface area contributed by atoms with Crippen LogP contribution in [0.2, 0.25) is 0 Å². The van der Waals surface area contributed by atoms with Crippen molar-refractivity contribution in [2.24, 2.45) is 0 Å². The minimum Gasteiger partial charge on any atom is -0.479 e. The first kappa shape index (κ1) is 11.0. The Labute approximate surface area is 99.7 Å². The van der Waals surface area contributed by atoms with Gasteiger partial charge in [0.2, 0.25) is 0 Å². The van der Waals surface area contributed by atoms with E-state index < -0.39 is 12.1 Å². The maximum absolute atomic E-state index is 10.7. The van der Waals surface area contributed by atoms with Gasteiger partial charge >= 0.3 is 5.97 Å². The molecule has 1 heterocycles. The molecule has 2 rings (SSSR count). The number of carboxylic acid groups (broad SMARTS) is 1. The summed E-state index contributed by atoms with van der Waals surface area (Å²) in [5, 5.41) is 19.1. The molecule has 16 heavy (non-hydrogen) atoms. The molecule has 5 heteroatoms. The van der Waals surface area contributed by atoms with E-state index in [9.17, 15) is 9.90 Å². The van der Waals surface area contributed by atoms with Crippen LogP contribution in [-0.4, -0.2) is 21.2 Å². The number of halogens is 1. The van der Waals surface area contributed by atoms with Crippen LogP contribution in [0.3, 0.4) is 0 Å². The zero-order chi connectivity index (χ0) is 11.7. The van der Waals surface area contributed by atoms with Gasteiger partial charge in [0.05, 0.1) is 5.52 Å². The largest absolute Gasteiger partial charge is 0.479 e. The molecule has 0 aliphatic rings. The number of aliphatic hydroxyl groups is 1. The summed E-state index contributed by atoms with van der Waals surface area (Å²) < 4.78 is 0.817. The number of aliphatic carboxylic acids is 1. The lowest BCUT2D eigenvalue weighted by Crippen LogP contribution is -2.11. The first-order valence-corrected chi connectivity index (χ1v) is 5.34. The monoisotopic (exact) mass is 281 g/mol. The highest BCUT2D eigenvalue weighted by atomic mass is 79.9. The Morgan fingerprint density at radius 3 is 2.81 bits per heavy atom. The maximum Gasteiger partial charge on any atom is 0.337 e. The van der Waals surface area contributed by atoms with Gasteiger partial charge in [-0.1, -0.05) is 28.1 Å². The highest BCUT2D eigenvalue weighted by molar-refractivity contribution is 9.10. The van der Waals surface area contributed by atoms with Gasteiger partial charge in [0.15, 0.2) is 6.10 Å². The molecular formula is C11H8BrNO3. The van der Waals surface area contributed by atoms with Crippen molar-refractivity contribution in [1.29, 1.82) is 0 Å². The number of carbonyl (C=O) groups is 1. The number of rotatable bonds is 2. The van der Waals surface area contributed by atoms with E-state index in [0.717, 1.165) is 9.86 Å². The Hall–Kier alpha value is -1.46. The summed E-state index contributed by atoms with van der Waals surface area (Å²) in [6, 6.07) is 6.82. The van der Waals surface area contributed by atoms with Gasteiger partial charge in [-0.15, -0.1) is 0 Å². The molecule has 0 saturated carbocycles. The Morgan fingerprint density at radius 2 is 2.12 bits per heavy atom. The number of fused-ring (bicyclic) bond motifs is 1. The average Bonchev–Trinajstić information content (AvgIpc) is 2.29. The van der Waals surface area contributed by atoms with Crippen LogP contribution in [0.4, 0.5) is 0 Å². The molecule has 0 aliphatic heterocycles. The molecule has 0 radical (unpaired) electrons. The Bertz CT molecular complexity index is 556. The molecule has 4 nitrogen and oxygen atoms in total. The summed E-state index contributed by atoms with van der Waals surface area (Å²) in [5.74, 6) is -1.28. The number of nitrogens with zero attached hydrogens (tertiary/aromatic N) is 1. The van der Waals surface area contributed by atoms with E-state index in [0.29, 0.717) is 11.1 Å². The minimum absolute atomic E-state index is 0.298. The molecule has 1 unspecified atom stereocenters. The summed E-state index contributed by atoms with van der Waals surface area (Å²) in [6.07, 6.45) is 0.0119. The molecule has 1 aromatic carbocycles. The van der Waals surface area contributed by atoms with Crippen molar-refractivity contribution in [2.45, 2.75) is 6.10 Å². The molecule has 0 aliphatic carbocycles. The maximum atomic E-state index is 10.7. The zero-order valence-electron chi connectivity index (χ0n) is 8.09. The lowest BCUT2D eigenvalue weighted by Gasteiger charge is -2.09. The number of pyridine rings is 1. The van der Waals surface area contributed by atoms with Crippen molar-refractivity contribution < 1.29 is 15.0 Å². The van der Waals surface area contributed by atoms with Crippen molar-refractivity contribution in [1.82, 2.24) is 4.98 Å². The molecule has 82 valence electrons. The third-order valence-electron chi connectivity index (χ3n) is 2.28. The highest BCUT2D eigenvalue weighted by Crippen LogP contribution is 2.28. The molecule has 2 N–H and O–H groups in total. The first-order chi connectivity index (χ1) is 7.61. The van der Waals surface area contributed by atoms with Gasteiger partial charge in [-0.05, 0) is 12.1 Å². The third-order valence-corrected chi connectivity index (χ3v) is 2.97. The zero-order valence-corrected chi connectivity index (χ0v) is 9.68. The van der Waals surface area contributed by atoms with Gasteiger partial charge in [0.25, 0.3) is 0 Å². The SMILES string of the molecule is O=C(O)C(O)c1ccc(Br)c2cccnc12. The van der Waals surface area contributed by atoms with Crippen molar-refractivity contribution >= 4 is 32.8 Å². The van der Waals surface area contributed by atoms with Gasteiger partial charge in [-0.2, -0.15) is 0 Å². The summed E-state index contributed by atoms with van der Waals surface area (Å²) in [7, 11) is 0. The standard InChI is InChI=1S/C11H8BrNO3/c12-8-4-3-7(10(14)11(15)16)9-6(8)2-1-5-13-9/h1-5,10,14H,(H,15,16). The number of carboxylic acids is 1. The lowest BCUT2D eigenvalue weighted by molar-refractivity contribution is -0.146. The van der Waals surface area contributed by atoms with Crippen LogP contribution in [0.5, 0.6) is 0 Å². The van der Waals surface area contributed by atoms with Gasteiger partial charge < -0.3 is 10.2 Å². The summed E-state index contributed by atoms with van der Waals surface area (Å²) >= 11 is 3.35. The second kappa shape index (κ2) is 4.19. The second-order valence-corrected chi connectivity index (χ2v) is 4.13. The normalized spacial score (nSPS) is 12.6. The van der Waals surface area contributed by atoms with Gasteiger partial charge in [0, 0.05) is 21.6 Å². The predicted molar refractivity (Wildman–Crippen MR) is 62.0 cm³/mol. The lowest BCUT2D eigenvalue weighted by atomic mass is 10.1. The van der Waals surface area contributed by atoms with Gasteiger partial charge in [-0.25, -0.2) is 4.79 Å². The molecule has 1 aromatic heterocycles. The van der Waals surface area contributed by atoms with Crippen LogP contribution in [0.1, 0.15) is 11.7 Å². The second-order valence-electron chi connectivity index (χ2n) is 3.28. The van der Waals surface area contributed by atoms with E-state index in [1.807, 2.05) is 6.07 Å². The van der Waals surface area contributed by atoms with Crippen LogP contribution >= 0.6 is 15.9 Å². The average molecular weight is 282 g/mol. The van der Waals surface area contributed by atoms with Crippen LogP contribution in [0, 0.1) is 0 Å². The highest BCUT2D eigenvalue weighted by Gasteiger charge is 2.19. The molecular weight excluding hydrogens is 274 g/mol. The fraction of sp³-hybridized carbons (Fsp3) is 0.0909. The predicted octanol–water partition coefficient (Wildman–Crippen LogP) is 2.12. The topological polar surface area (TPSA) is 70.4 Å². The summed E-state index contributed by atoms with van der Waals surface area (Å²) in [5.41, 5.74) is 0.790. The molecule has 0 fully saturated rings. The Morgan fingerprint density at radius 1 is 1.38 bits per heavy atom. The van der Waals surface area contributed by atoms with Crippen molar-refractivity contribution in [3.63, 3.8) is 0 Å². The first-order valence-electron chi connectivity index (χ1n) is 4.55. The van der Waals surface area contributed by atoms with Gasteiger partial charge in [-0.3, -0.25) is 4.98 Å². The quantitative estimate of drug-likeness (QED) is 0.885. The molecule has 0 spiro atoms. The molecule has 2 aromatic rings. The minimum atomic E-state index is -1.55. The molecule has 1 atom stereocenters. The third kappa shape index (κ3) is 1.79. The van der Waals surface area contributed by atoms with E-state index in [-0.39, 0.29) is 0 Å².